The minimum absolute atomic E-state index is 0.164. The highest BCUT2D eigenvalue weighted by Gasteiger charge is 2.03. The zero-order valence-corrected chi connectivity index (χ0v) is 13.6. The molecule has 0 aliphatic heterocycles. The average molecular weight is 310 g/mol. The van der Waals surface area contributed by atoms with E-state index in [-0.39, 0.29) is 6.03 Å². The Balaban J connectivity index is 2.25. The van der Waals surface area contributed by atoms with Gasteiger partial charge in [-0.25, -0.2) is 4.79 Å². The molecule has 22 heavy (non-hydrogen) atoms. The van der Waals surface area contributed by atoms with Gasteiger partial charge in [-0.3, -0.25) is 0 Å². The maximum absolute atomic E-state index is 11.5. The van der Waals surface area contributed by atoms with Crippen molar-refractivity contribution in [1.29, 1.82) is 0 Å². The van der Waals surface area contributed by atoms with E-state index < -0.39 is 0 Å². The lowest BCUT2D eigenvalue weighted by Crippen LogP contribution is -2.38. The Bertz CT molecular complexity index is 430. The van der Waals surface area contributed by atoms with Crippen LogP contribution in [-0.2, 0) is 0 Å². The Labute approximate surface area is 132 Å². The Morgan fingerprint density at radius 1 is 0.955 bits per heavy atom. The lowest BCUT2D eigenvalue weighted by Gasteiger charge is -2.11. The number of ether oxygens (including phenoxy) is 3. The number of amides is 2. The summed E-state index contributed by atoms with van der Waals surface area (Å²) in [5.41, 5.74) is 0. The first kappa shape index (κ1) is 17.9. The van der Waals surface area contributed by atoms with Crippen LogP contribution in [0.1, 0.15) is 26.2 Å². The van der Waals surface area contributed by atoms with Crippen molar-refractivity contribution in [2.24, 2.45) is 0 Å². The number of carbonyl (C=O) groups excluding carboxylic acids is 1. The highest BCUT2D eigenvalue weighted by molar-refractivity contribution is 5.73. The third kappa shape index (κ3) is 7.06. The van der Waals surface area contributed by atoms with E-state index in [1.165, 1.54) is 0 Å². The van der Waals surface area contributed by atoms with Gasteiger partial charge in [-0.2, -0.15) is 0 Å². The van der Waals surface area contributed by atoms with Crippen LogP contribution in [-0.4, -0.2) is 39.9 Å². The summed E-state index contributed by atoms with van der Waals surface area (Å²) in [5, 5.41) is 5.56. The van der Waals surface area contributed by atoms with Crippen molar-refractivity contribution in [2.45, 2.75) is 26.2 Å². The van der Waals surface area contributed by atoms with Gasteiger partial charge in [0.1, 0.15) is 23.9 Å². The van der Waals surface area contributed by atoms with Crippen molar-refractivity contribution >= 4 is 6.03 Å². The van der Waals surface area contributed by atoms with E-state index in [0.717, 1.165) is 19.3 Å². The van der Waals surface area contributed by atoms with E-state index in [1.54, 1.807) is 32.4 Å². The van der Waals surface area contributed by atoms with Crippen molar-refractivity contribution in [3.05, 3.63) is 18.2 Å². The van der Waals surface area contributed by atoms with Gasteiger partial charge in [-0.15, -0.1) is 0 Å². The molecule has 124 valence electrons. The number of urea groups is 1. The summed E-state index contributed by atoms with van der Waals surface area (Å²) < 4.78 is 15.9. The lowest BCUT2D eigenvalue weighted by molar-refractivity contribution is 0.236. The average Bonchev–Trinajstić information content (AvgIpc) is 2.55. The Morgan fingerprint density at radius 2 is 1.55 bits per heavy atom. The van der Waals surface area contributed by atoms with Crippen molar-refractivity contribution in [3.63, 3.8) is 0 Å². The van der Waals surface area contributed by atoms with Crippen LogP contribution < -0.4 is 24.8 Å². The molecule has 1 aromatic carbocycles. The Kier molecular flexibility index (Phi) is 8.64. The number of benzene rings is 1. The molecule has 0 heterocycles. The predicted molar refractivity (Wildman–Crippen MR) is 86.0 cm³/mol. The molecule has 0 aliphatic carbocycles. The van der Waals surface area contributed by atoms with E-state index in [1.807, 2.05) is 0 Å². The molecule has 1 rings (SSSR count). The van der Waals surface area contributed by atoms with Crippen LogP contribution in [0.4, 0.5) is 4.79 Å². The van der Waals surface area contributed by atoms with E-state index in [2.05, 4.69) is 17.6 Å². The summed E-state index contributed by atoms with van der Waals surface area (Å²) in [4.78, 5) is 11.5. The van der Waals surface area contributed by atoms with Gasteiger partial charge in [-0.1, -0.05) is 19.8 Å². The maximum atomic E-state index is 11.5. The highest BCUT2D eigenvalue weighted by atomic mass is 16.5. The molecule has 0 saturated carbocycles. The van der Waals surface area contributed by atoms with Gasteiger partial charge in [0.2, 0.25) is 0 Å². The van der Waals surface area contributed by atoms with Crippen molar-refractivity contribution < 1.29 is 19.0 Å². The maximum Gasteiger partial charge on any atom is 0.314 e. The fourth-order valence-electron chi connectivity index (χ4n) is 1.84. The molecule has 0 aromatic heterocycles. The topological polar surface area (TPSA) is 68.8 Å². The van der Waals surface area contributed by atoms with Gasteiger partial charge >= 0.3 is 6.03 Å². The predicted octanol–water partition coefficient (Wildman–Crippen LogP) is 2.57. The van der Waals surface area contributed by atoms with E-state index in [9.17, 15) is 4.79 Å². The van der Waals surface area contributed by atoms with Crippen molar-refractivity contribution in [1.82, 2.24) is 10.6 Å². The van der Waals surface area contributed by atoms with Gasteiger partial charge < -0.3 is 24.8 Å². The van der Waals surface area contributed by atoms with Gasteiger partial charge in [0.25, 0.3) is 0 Å². The molecule has 2 N–H and O–H groups in total. The number of hydrogen-bond donors (Lipinski definition) is 2. The standard InChI is InChI=1S/C16H26N2O4/c1-4-5-6-7-17-16(19)18-8-9-22-15-11-13(20-2)10-14(12-15)21-3/h10-12H,4-9H2,1-3H3,(H2,17,18,19). The molecule has 0 spiro atoms. The van der Waals surface area contributed by atoms with Crippen molar-refractivity contribution in [3.8, 4) is 17.2 Å². The fraction of sp³-hybridized carbons (Fsp3) is 0.562. The van der Waals surface area contributed by atoms with Crippen LogP contribution in [0.2, 0.25) is 0 Å². The molecule has 0 saturated heterocycles. The molecule has 1 aromatic rings. The monoisotopic (exact) mass is 310 g/mol. The summed E-state index contributed by atoms with van der Waals surface area (Å²) in [6.07, 6.45) is 3.27. The summed E-state index contributed by atoms with van der Waals surface area (Å²) >= 11 is 0. The van der Waals surface area contributed by atoms with Crippen LogP contribution in [0, 0.1) is 0 Å². The minimum Gasteiger partial charge on any atom is -0.496 e. The second-order valence-electron chi connectivity index (χ2n) is 4.79. The first-order valence-electron chi connectivity index (χ1n) is 7.57. The molecule has 0 bridgehead atoms. The number of carbonyl (C=O) groups is 1. The molecule has 0 unspecified atom stereocenters. The Hall–Kier alpha value is -2.11. The van der Waals surface area contributed by atoms with Crippen molar-refractivity contribution in [2.75, 3.05) is 33.9 Å². The quantitative estimate of drug-likeness (QED) is 0.652. The van der Waals surface area contributed by atoms with Crippen LogP contribution in [0.5, 0.6) is 17.2 Å². The number of hydrogen-bond acceptors (Lipinski definition) is 4. The highest BCUT2D eigenvalue weighted by Crippen LogP contribution is 2.27. The number of unbranched alkanes of at least 4 members (excludes halogenated alkanes) is 2. The molecular weight excluding hydrogens is 284 g/mol. The molecule has 6 nitrogen and oxygen atoms in total. The first-order chi connectivity index (χ1) is 10.7. The summed E-state index contributed by atoms with van der Waals surface area (Å²) in [7, 11) is 3.17. The summed E-state index contributed by atoms with van der Waals surface area (Å²) in [6.45, 7) is 3.64. The SMILES string of the molecule is CCCCCNC(=O)NCCOc1cc(OC)cc(OC)c1. The van der Waals surface area contributed by atoms with E-state index in [0.29, 0.717) is 36.9 Å². The van der Waals surface area contributed by atoms with Gasteiger partial charge in [0.05, 0.1) is 20.8 Å². The summed E-state index contributed by atoms with van der Waals surface area (Å²) in [5.74, 6) is 1.97. The number of methoxy groups -OCH3 is 2. The summed E-state index contributed by atoms with van der Waals surface area (Å²) in [6, 6.07) is 5.15. The first-order valence-corrected chi connectivity index (χ1v) is 7.57. The molecule has 2 amide bonds. The molecule has 0 fully saturated rings. The molecule has 0 radical (unpaired) electrons. The fourth-order valence-corrected chi connectivity index (χ4v) is 1.84. The number of rotatable bonds is 10. The van der Waals surface area contributed by atoms with Crippen LogP contribution in [0.15, 0.2) is 18.2 Å². The largest absolute Gasteiger partial charge is 0.496 e. The van der Waals surface area contributed by atoms with Crippen LogP contribution >= 0.6 is 0 Å². The normalized spacial score (nSPS) is 9.95. The third-order valence-electron chi connectivity index (χ3n) is 3.05. The smallest absolute Gasteiger partial charge is 0.314 e. The van der Waals surface area contributed by atoms with Gasteiger partial charge in [0.15, 0.2) is 0 Å². The van der Waals surface area contributed by atoms with Gasteiger partial charge in [0, 0.05) is 24.7 Å². The second-order valence-corrected chi connectivity index (χ2v) is 4.79. The molecule has 0 atom stereocenters. The van der Waals surface area contributed by atoms with E-state index in [4.69, 9.17) is 14.2 Å². The van der Waals surface area contributed by atoms with E-state index >= 15 is 0 Å². The van der Waals surface area contributed by atoms with Crippen LogP contribution in [0.25, 0.3) is 0 Å². The van der Waals surface area contributed by atoms with Gasteiger partial charge in [-0.05, 0) is 6.42 Å². The molecule has 0 aliphatic rings. The molecule has 6 heteroatoms. The zero-order valence-electron chi connectivity index (χ0n) is 13.6. The third-order valence-corrected chi connectivity index (χ3v) is 3.05. The Morgan fingerprint density at radius 3 is 2.14 bits per heavy atom. The number of nitrogens with one attached hydrogen (secondary N) is 2. The second kappa shape index (κ2) is 10.6. The lowest BCUT2D eigenvalue weighted by atomic mass is 10.2. The zero-order chi connectivity index (χ0) is 16.2. The van der Waals surface area contributed by atoms with Crippen LogP contribution in [0.3, 0.4) is 0 Å². The molecular formula is C16H26N2O4. The minimum atomic E-state index is -0.164.